The number of ether oxygens (including phenoxy) is 1. The molecule has 0 radical (unpaired) electrons. The zero-order valence-electron chi connectivity index (χ0n) is 12.0. The van der Waals surface area contributed by atoms with Gasteiger partial charge in [-0.1, -0.05) is 39.0 Å². The van der Waals surface area contributed by atoms with Crippen LogP contribution in [0.5, 0.6) is 5.75 Å². The van der Waals surface area contributed by atoms with Crippen LogP contribution in [0.25, 0.3) is 0 Å². The van der Waals surface area contributed by atoms with Gasteiger partial charge in [0.2, 0.25) is 0 Å². The molecule has 1 fully saturated rings. The lowest BCUT2D eigenvalue weighted by molar-refractivity contribution is 0.390. The monoisotopic (exact) mass is 247 g/mol. The summed E-state index contributed by atoms with van der Waals surface area (Å²) in [5, 5.41) is 3.56. The summed E-state index contributed by atoms with van der Waals surface area (Å²) in [7, 11) is 1.79. The van der Waals surface area contributed by atoms with Gasteiger partial charge in [-0.2, -0.15) is 0 Å². The summed E-state index contributed by atoms with van der Waals surface area (Å²) in [6.07, 6.45) is 3.65. The predicted molar refractivity (Wildman–Crippen MR) is 76.4 cm³/mol. The summed E-state index contributed by atoms with van der Waals surface area (Å²) >= 11 is 0. The SMILES string of the molecule is COc1c(CC2CCCN2)cccc1C(C)(C)C. The quantitative estimate of drug-likeness (QED) is 0.885. The summed E-state index contributed by atoms with van der Waals surface area (Å²) < 4.78 is 5.69. The maximum atomic E-state index is 5.69. The molecule has 18 heavy (non-hydrogen) atoms. The number of rotatable bonds is 3. The van der Waals surface area contributed by atoms with Gasteiger partial charge >= 0.3 is 0 Å². The van der Waals surface area contributed by atoms with Gasteiger partial charge in [-0.15, -0.1) is 0 Å². The first-order chi connectivity index (χ1) is 8.52. The van der Waals surface area contributed by atoms with Gasteiger partial charge in [0.1, 0.15) is 5.75 Å². The van der Waals surface area contributed by atoms with E-state index in [0.717, 1.165) is 18.7 Å². The predicted octanol–water partition coefficient (Wildman–Crippen LogP) is 3.29. The van der Waals surface area contributed by atoms with Gasteiger partial charge in [-0.3, -0.25) is 0 Å². The Hall–Kier alpha value is -1.02. The second kappa shape index (κ2) is 5.31. The molecule has 0 saturated carbocycles. The lowest BCUT2D eigenvalue weighted by atomic mass is 9.84. The van der Waals surface area contributed by atoms with Crippen LogP contribution in [0.1, 0.15) is 44.7 Å². The summed E-state index contributed by atoms with van der Waals surface area (Å²) in [6.45, 7) is 7.87. The fourth-order valence-electron chi connectivity index (χ4n) is 2.77. The molecule has 2 heteroatoms. The molecule has 2 nitrogen and oxygen atoms in total. The van der Waals surface area contributed by atoms with E-state index in [4.69, 9.17) is 4.74 Å². The topological polar surface area (TPSA) is 21.3 Å². The van der Waals surface area contributed by atoms with E-state index in [0.29, 0.717) is 6.04 Å². The standard InChI is InChI=1S/C16H25NO/c1-16(2,3)14-9-5-7-12(15(14)18-4)11-13-8-6-10-17-13/h5,7,9,13,17H,6,8,10-11H2,1-4H3. The molecule has 1 atom stereocenters. The minimum absolute atomic E-state index is 0.129. The Balaban J connectivity index is 2.29. The van der Waals surface area contributed by atoms with Crippen molar-refractivity contribution in [3.63, 3.8) is 0 Å². The molecule has 1 aromatic rings. The second-order valence-electron chi connectivity index (χ2n) is 6.25. The molecule has 0 spiro atoms. The van der Waals surface area contributed by atoms with Gasteiger partial charge in [0.05, 0.1) is 7.11 Å². The van der Waals surface area contributed by atoms with Gasteiger partial charge in [0, 0.05) is 6.04 Å². The highest BCUT2D eigenvalue weighted by Gasteiger charge is 2.23. The van der Waals surface area contributed by atoms with Crippen molar-refractivity contribution in [3.05, 3.63) is 29.3 Å². The molecule has 2 rings (SSSR count). The van der Waals surface area contributed by atoms with Gasteiger partial charge in [0.25, 0.3) is 0 Å². The average molecular weight is 247 g/mol. The molecular formula is C16H25NO. The highest BCUT2D eigenvalue weighted by molar-refractivity contribution is 5.45. The fourth-order valence-corrected chi connectivity index (χ4v) is 2.77. The van der Waals surface area contributed by atoms with Crippen molar-refractivity contribution in [2.75, 3.05) is 13.7 Å². The Labute approximate surface area is 111 Å². The number of methoxy groups -OCH3 is 1. The summed E-state index contributed by atoms with van der Waals surface area (Å²) in [4.78, 5) is 0. The van der Waals surface area contributed by atoms with Crippen molar-refractivity contribution in [2.45, 2.75) is 51.5 Å². The van der Waals surface area contributed by atoms with E-state index in [-0.39, 0.29) is 5.41 Å². The normalized spacial score (nSPS) is 20.1. The van der Waals surface area contributed by atoms with Gasteiger partial charge in [-0.05, 0) is 42.3 Å². The lowest BCUT2D eigenvalue weighted by Gasteiger charge is -2.24. The van der Waals surface area contributed by atoms with Crippen LogP contribution in [0.4, 0.5) is 0 Å². The van der Waals surface area contributed by atoms with Crippen molar-refractivity contribution in [2.24, 2.45) is 0 Å². The van der Waals surface area contributed by atoms with E-state index in [1.54, 1.807) is 7.11 Å². The van der Waals surface area contributed by atoms with Crippen molar-refractivity contribution < 1.29 is 4.74 Å². The van der Waals surface area contributed by atoms with E-state index < -0.39 is 0 Å². The van der Waals surface area contributed by atoms with E-state index >= 15 is 0 Å². The fraction of sp³-hybridized carbons (Fsp3) is 0.625. The Bertz CT molecular complexity index is 400. The zero-order chi connectivity index (χ0) is 13.2. The van der Waals surface area contributed by atoms with Crippen molar-refractivity contribution in [3.8, 4) is 5.75 Å². The van der Waals surface area contributed by atoms with Crippen molar-refractivity contribution in [1.82, 2.24) is 5.32 Å². The lowest BCUT2D eigenvalue weighted by Crippen LogP contribution is -2.24. The molecule has 1 N–H and O–H groups in total. The Morgan fingerprint density at radius 1 is 1.33 bits per heavy atom. The smallest absolute Gasteiger partial charge is 0.125 e. The Kier molecular flexibility index (Phi) is 3.96. The van der Waals surface area contributed by atoms with Gasteiger partial charge in [0.15, 0.2) is 0 Å². The first-order valence-corrected chi connectivity index (χ1v) is 6.92. The molecule has 1 heterocycles. The largest absolute Gasteiger partial charge is 0.496 e. The third-order valence-electron chi connectivity index (χ3n) is 3.74. The van der Waals surface area contributed by atoms with Crippen LogP contribution in [0.15, 0.2) is 18.2 Å². The van der Waals surface area contributed by atoms with Crippen LogP contribution in [0, 0.1) is 0 Å². The maximum absolute atomic E-state index is 5.69. The van der Waals surface area contributed by atoms with Gasteiger partial charge in [-0.25, -0.2) is 0 Å². The molecule has 1 saturated heterocycles. The summed E-state index contributed by atoms with van der Waals surface area (Å²) in [5.41, 5.74) is 2.77. The summed E-state index contributed by atoms with van der Waals surface area (Å²) in [5.74, 6) is 1.08. The van der Waals surface area contributed by atoms with Crippen LogP contribution in [0.2, 0.25) is 0 Å². The van der Waals surface area contributed by atoms with E-state index in [1.807, 2.05) is 0 Å². The van der Waals surface area contributed by atoms with E-state index in [9.17, 15) is 0 Å². The van der Waals surface area contributed by atoms with Crippen LogP contribution < -0.4 is 10.1 Å². The number of benzene rings is 1. The minimum Gasteiger partial charge on any atom is -0.496 e. The number of nitrogens with one attached hydrogen (secondary N) is 1. The number of hydrogen-bond acceptors (Lipinski definition) is 2. The molecule has 1 aliphatic rings. The summed E-state index contributed by atoms with van der Waals surface area (Å²) in [6, 6.07) is 7.17. The molecule has 1 aliphatic heterocycles. The average Bonchev–Trinajstić information content (AvgIpc) is 2.80. The molecule has 0 aromatic heterocycles. The van der Waals surface area contributed by atoms with Crippen LogP contribution in [-0.4, -0.2) is 19.7 Å². The second-order valence-corrected chi connectivity index (χ2v) is 6.25. The van der Waals surface area contributed by atoms with Crippen LogP contribution >= 0.6 is 0 Å². The first kappa shape index (κ1) is 13.4. The Morgan fingerprint density at radius 3 is 2.67 bits per heavy atom. The molecule has 1 aromatic carbocycles. The zero-order valence-corrected chi connectivity index (χ0v) is 12.0. The van der Waals surface area contributed by atoms with E-state index in [2.05, 4.69) is 44.3 Å². The third kappa shape index (κ3) is 2.86. The van der Waals surface area contributed by atoms with Crippen LogP contribution in [0.3, 0.4) is 0 Å². The molecule has 1 unspecified atom stereocenters. The number of para-hydroxylation sites is 1. The highest BCUT2D eigenvalue weighted by Crippen LogP contribution is 2.34. The molecule has 100 valence electrons. The maximum Gasteiger partial charge on any atom is 0.125 e. The van der Waals surface area contributed by atoms with Gasteiger partial charge < -0.3 is 10.1 Å². The Morgan fingerprint density at radius 2 is 2.11 bits per heavy atom. The van der Waals surface area contributed by atoms with Crippen LogP contribution in [-0.2, 0) is 11.8 Å². The minimum atomic E-state index is 0.129. The first-order valence-electron chi connectivity index (χ1n) is 6.92. The third-order valence-corrected chi connectivity index (χ3v) is 3.74. The molecule has 0 amide bonds. The van der Waals surface area contributed by atoms with Crippen molar-refractivity contribution in [1.29, 1.82) is 0 Å². The highest BCUT2D eigenvalue weighted by atomic mass is 16.5. The van der Waals surface area contributed by atoms with E-state index in [1.165, 1.54) is 24.0 Å². The molecule has 0 bridgehead atoms. The molecule has 0 aliphatic carbocycles. The number of hydrogen-bond donors (Lipinski definition) is 1. The van der Waals surface area contributed by atoms with Crippen molar-refractivity contribution >= 4 is 0 Å². The molecular weight excluding hydrogens is 222 g/mol.